The number of anilines is 2. The zero-order chi connectivity index (χ0) is 49.1. The molecule has 68 heavy (non-hydrogen) atoms. The summed E-state index contributed by atoms with van der Waals surface area (Å²) in [6.45, 7) is 4.70. The van der Waals surface area contributed by atoms with Gasteiger partial charge in [0.1, 0.15) is 5.75 Å². The largest absolute Gasteiger partial charge is 0.493 e. The van der Waals surface area contributed by atoms with Gasteiger partial charge in [-0.2, -0.15) is 4.89 Å². The van der Waals surface area contributed by atoms with Gasteiger partial charge in [0.15, 0.2) is 5.75 Å². The molecule has 0 unspecified atom stereocenters. The topological polar surface area (TPSA) is 211 Å². The van der Waals surface area contributed by atoms with Crippen molar-refractivity contribution in [1.29, 1.82) is 0 Å². The quantitative estimate of drug-likeness (QED) is 0.00728. The van der Waals surface area contributed by atoms with Crippen LogP contribution in [-0.4, -0.2) is 71.0 Å². The first-order chi connectivity index (χ1) is 32.9. The number of nitrogens with two attached hydrogens (primary N) is 2. The summed E-state index contributed by atoms with van der Waals surface area (Å²) < 4.78 is 31.5. The molecular weight excluding hydrogens is 873 g/mol. The molecule has 4 N–H and O–H groups in total. The average molecular weight is 937 g/mol. The molecule has 0 bridgehead atoms. The summed E-state index contributed by atoms with van der Waals surface area (Å²) in [5.41, 5.74) is 15.6. The molecule has 0 amide bonds. The number of carbonyl (C=O) groups excluding carboxylic acids is 5. The van der Waals surface area contributed by atoms with E-state index in [0.717, 1.165) is 82.6 Å². The van der Waals surface area contributed by atoms with E-state index in [-0.39, 0.29) is 17.9 Å². The lowest BCUT2D eigenvalue weighted by Crippen LogP contribution is -2.12. The van der Waals surface area contributed by atoms with Crippen LogP contribution in [-0.2, 0) is 39.8 Å². The third kappa shape index (κ3) is 18.6. The molecule has 0 fully saturated rings. The van der Waals surface area contributed by atoms with Gasteiger partial charge in [0.2, 0.25) is 5.75 Å². The summed E-state index contributed by atoms with van der Waals surface area (Å²) in [6, 6.07) is 21.2. The average Bonchev–Trinajstić information content (AvgIpc) is 3.34. The summed E-state index contributed by atoms with van der Waals surface area (Å²) >= 11 is 0. The third-order valence-electron chi connectivity index (χ3n) is 10.8. The normalized spacial score (nSPS) is 10.9. The van der Waals surface area contributed by atoms with Crippen molar-refractivity contribution in [2.45, 2.75) is 89.9 Å². The van der Waals surface area contributed by atoms with Crippen LogP contribution in [0.4, 0.5) is 11.4 Å². The van der Waals surface area contributed by atoms with Gasteiger partial charge in [-0.15, -0.1) is 0 Å². The molecule has 0 aliphatic carbocycles. The number of benzene rings is 4. The highest BCUT2D eigenvalue weighted by Crippen LogP contribution is 2.31. The molecule has 0 atom stereocenters. The summed E-state index contributed by atoms with van der Waals surface area (Å²) in [4.78, 5) is 73.1. The van der Waals surface area contributed by atoms with E-state index in [4.69, 9.17) is 44.9 Å². The van der Waals surface area contributed by atoms with Gasteiger partial charge >= 0.3 is 29.8 Å². The van der Waals surface area contributed by atoms with E-state index in [1.54, 1.807) is 84.9 Å². The minimum absolute atomic E-state index is 0.189. The van der Waals surface area contributed by atoms with Crippen LogP contribution in [0.5, 0.6) is 17.2 Å². The van der Waals surface area contributed by atoms with Crippen molar-refractivity contribution in [3.63, 3.8) is 0 Å². The number of esters is 5. The second-order valence-corrected chi connectivity index (χ2v) is 15.9. The Kier molecular flexibility index (Phi) is 23.2. The molecule has 0 saturated carbocycles. The standard InChI is InChI=1S/C53H64N2O13/c1-37(50(57)63-4)41-25-27-47(48(34-41)61-2)68-66-31-17-13-10-14-18-39-24-26-45(67-52(59)40-22-19-38(20-23-40)21-28-49(56)62-3)36-46(39)53(60)65-30-16-12-9-7-5-6-8-11-15-29-64-51(58)42-32-43(54)35-44(55)33-42/h19-28,32-36H,1,5-18,29-31,54-55H2,2-4H3. The van der Waals surface area contributed by atoms with Crippen LogP contribution in [0.1, 0.15) is 131 Å². The Labute approximate surface area is 398 Å². The van der Waals surface area contributed by atoms with Crippen molar-refractivity contribution in [1.82, 2.24) is 0 Å². The molecule has 4 aromatic carbocycles. The van der Waals surface area contributed by atoms with Crippen molar-refractivity contribution >= 4 is 52.9 Å². The Morgan fingerprint density at radius 2 is 1.15 bits per heavy atom. The highest BCUT2D eigenvalue weighted by Gasteiger charge is 2.18. The lowest BCUT2D eigenvalue weighted by atomic mass is 10.0. The van der Waals surface area contributed by atoms with E-state index in [9.17, 15) is 24.0 Å². The maximum Gasteiger partial charge on any atom is 0.343 e. The molecule has 0 spiro atoms. The van der Waals surface area contributed by atoms with Crippen LogP contribution in [0.2, 0.25) is 0 Å². The van der Waals surface area contributed by atoms with E-state index in [1.807, 2.05) is 0 Å². The van der Waals surface area contributed by atoms with Gasteiger partial charge in [0.05, 0.1) is 63.4 Å². The first-order valence-corrected chi connectivity index (χ1v) is 22.9. The number of nitrogen functional groups attached to an aromatic ring is 2. The molecule has 0 saturated heterocycles. The predicted octanol–water partition coefficient (Wildman–Crippen LogP) is 10.1. The summed E-state index contributed by atoms with van der Waals surface area (Å²) in [5, 5.41) is 0. The molecule has 15 heteroatoms. The summed E-state index contributed by atoms with van der Waals surface area (Å²) in [5.74, 6) is -1.61. The Morgan fingerprint density at radius 1 is 0.559 bits per heavy atom. The number of methoxy groups -OCH3 is 3. The minimum atomic E-state index is -0.603. The van der Waals surface area contributed by atoms with Gasteiger partial charge in [-0.05, 0) is 109 Å². The molecule has 0 aliphatic rings. The van der Waals surface area contributed by atoms with Gasteiger partial charge in [-0.3, -0.25) is 0 Å². The van der Waals surface area contributed by atoms with Crippen molar-refractivity contribution in [3.8, 4) is 17.2 Å². The van der Waals surface area contributed by atoms with E-state index in [2.05, 4.69) is 11.3 Å². The van der Waals surface area contributed by atoms with Crippen LogP contribution in [0, 0.1) is 0 Å². The van der Waals surface area contributed by atoms with E-state index < -0.39 is 29.8 Å². The second kappa shape index (κ2) is 29.5. The zero-order valence-corrected chi connectivity index (χ0v) is 39.4. The van der Waals surface area contributed by atoms with Crippen LogP contribution in [0.15, 0.2) is 91.5 Å². The fourth-order valence-corrected chi connectivity index (χ4v) is 6.98. The van der Waals surface area contributed by atoms with Crippen molar-refractivity contribution in [2.24, 2.45) is 0 Å². The molecule has 0 radical (unpaired) electrons. The summed E-state index contributed by atoms with van der Waals surface area (Å²) in [7, 11) is 4.06. The van der Waals surface area contributed by atoms with Gasteiger partial charge in [-0.1, -0.05) is 88.6 Å². The number of aryl methyl sites for hydroxylation is 1. The lowest BCUT2D eigenvalue weighted by molar-refractivity contribution is -0.208. The van der Waals surface area contributed by atoms with E-state index >= 15 is 0 Å². The van der Waals surface area contributed by atoms with Crippen molar-refractivity contribution in [2.75, 3.05) is 52.6 Å². The van der Waals surface area contributed by atoms with Gasteiger partial charge < -0.3 is 44.8 Å². The van der Waals surface area contributed by atoms with Gasteiger partial charge in [0.25, 0.3) is 0 Å². The molecule has 0 aliphatic heterocycles. The number of hydrogen-bond acceptors (Lipinski definition) is 15. The number of ether oxygens (including phenoxy) is 6. The lowest BCUT2D eigenvalue weighted by Gasteiger charge is -2.13. The Morgan fingerprint density at radius 3 is 1.76 bits per heavy atom. The number of hydrogen-bond donors (Lipinski definition) is 2. The first kappa shape index (κ1) is 53.5. The Hall–Kier alpha value is -7.13. The third-order valence-corrected chi connectivity index (χ3v) is 10.8. The maximum atomic E-state index is 13.5. The minimum Gasteiger partial charge on any atom is -0.493 e. The Bertz CT molecular complexity index is 2300. The number of unbranched alkanes of at least 4 members (excludes halogenated alkanes) is 11. The Balaban J connectivity index is 1.20. The van der Waals surface area contributed by atoms with Crippen molar-refractivity contribution < 1.29 is 62.2 Å². The zero-order valence-electron chi connectivity index (χ0n) is 39.4. The van der Waals surface area contributed by atoms with E-state index in [0.29, 0.717) is 76.7 Å². The fourth-order valence-electron chi connectivity index (χ4n) is 6.98. The van der Waals surface area contributed by atoms with Crippen LogP contribution >= 0.6 is 0 Å². The molecule has 0 aromatic heterocycles. The van der Waals surface area contributed by atoms with Gasteiger partial charge in [-0.25, -0.2) is 24.0 Å². The highest BCUT2D eigenvalue weighted by molar-refractivity contribution is 6.15. The first-order valence-electron chi connectivity index (χ1n) is 22.9. The molecular formula is C53H64N2O13. The highest BCUT2D eigenvalue weighted by atomic mass is 17.2. The fraction of sp³-hybridized carbons (Fsp3) is 0.377. The van der Waals surface area contributed by atoms with Crippen LogP contribution in [0.25, 0.3) is 11.6 Å². The monoisotopic (exact) mass is 936 g/mol. The predicted molar refractivity (Wildman–Crippen MR) is 259 cm³/mol. The second-order valence-electron chi connectivity index (χ2n) is 15.9. The maximum absolute atomic E-state index is 13.5. The SMILES string of the molecule is C=C(C(=O)OC)c1ccc(OOCCCCCCc2ccc(OC(=O)c3ccc(C=CC(=O)OC)cc3)cc2C(=O)OCCCCCCCCCCCOC(=O)c2cc(N)cc(N)c2)c(OC)c1. The van der Waals surface area contributed by atoms with Crippen molar-refractivity contribution in [3.05, 3.63) is 125 Å². The molecule has 364 valence electrons. The number of rotatable bonds is 30. The van der Waals surface area contributed by atoms with Crippen LogP contribution < -0.4 is 25.8 Å². The molecule has 15 nitrogen and oxygen atoms in total. The molecule has 4 aromatic rings. The number of carbonyl (C=O) groups is 5. The molecule has 0 heterocycles. The molecule has 4 rings (SSSR count). The van der Waals surface area contributed by atoms with Crippen LogP contribution in [0.3, 0.4) is 0 Å². The smallest absolute Gasteiger partial charge is 0.343 e. The van der Waals surface area contributed by atoms with Gasteiger partial charge in [0, 0.05) is 17.5 Å². The summed E-state index contributed by atoms with van der Waals surface area (Å²) in [6.07, 6.45) is 15.4. The van der Waals surface area contributed by atoms with E-state index in [1.165, 1.54) is 27.4 Å².